The molecular weight excluding hydrogens is 306 g/mol. The van der Waals surface area contributed by atoms with Gasteiger partial charge in [0.25, 0.3) is 0 Å². The SMILES string of the molecule is Cc1cnn([C@H]2CCCN(C(=O)Nc3cnc(N(C)C)nc3)C2)c1. The number of hydrogen-bond donors (Lipinski definition) is 1. The molecule has 0 radical (unpaired) electrons. The van der Waals surface area contributed by atoms with Crippen LogP contribution in [0.15, 0.2) is 24.8 Å². The van der Waals surface area contributed by atoms with Crippen LogP contribution >= 0.6 is 0 Å². The highest BCUT2D eigenvalue weighted by Crippen LogP contribution is 2.22. The minimum atomic E-state index is -0.121. The molecule has 8 heteroatoms. The molecule has 0 aliphatic carbocycles. The van der Waals surface area contributed by atoms with E-state index in [-0.39, 0.29) is 12.1 Å². The Balaban J connectivity index is 1.62. The summed E-state index contributed by atoms with van der Waals surface area (Å²) in [4.78, 5) is 24.5. The Morgan fingerprint density at radius 3 is 2.67 bits per heavy atom. The molecule has 2 amide bonds. The van der Waals surface area contributed by atoms with E-state index in [1.54, 1.807) is 12.4 Å². The number of likely N-dealkylation sites (tertiary alicyclic amines) is 1. The predicted octanol–water partition coefficient (Wildman–Crippen LogP) is 1.92. The smallest absolute Gasteiger partial charge is 0.322 e. The van der Waals surface area contributed by atoms with E-state index in [0.717, 1.165) is 24.9 Å². The van der Waals surface area contributed by atoms with Crippen molar-refractivity contribution in [2.75, 3.05) is 37.4 Å². The zero-order valence-electron chi connectivity index (χ0n) is 14.3. The van der Waals surface area contributed by atoms with Gasteiger partial charge in [-0.05, 0) is 25.3 Å². The van der Waals surface area contributed by atoms with Gasteiger partial charge in [-0.1, -0.05) is 0 Å². The van der Waals surface area contributed by atoms with Crippen LogP contribution in [-0.4, -0.2) is 57.9 Å². The summed E-state index contributed by atoms with van der Waals surface area (Å²) in [5.74, 6) is 0.611. The molecule has 0 saturated carbocycles. The standard InChI is InChI=1S/C16H23N7O/c1-12-7-19-23(10-12)14-5-4-6-22(11-14)16(24)20-13-8-17-15(18-9-13)21(2)3/h7-10,14H,4-6,11H2,1-3H3,(H,20,24)/t14-/m0/s1. The number of anilines is 2. The number of nitrogens with one attached hydrogen (secondary N) is 1. The molecule has 1 fully saturated rings. The zero-order valence-corrected chi connectivity index (χ0v) is 14.3. The van der Waals surface area contributed by atoms with Crippen LogP contribution in [0.5, 0.6) is 0 Å². The van der Waals surface area contributed by atoms with Crippen molar-refractivity contribution in [3.63, 3.8) is 0 Å². The van der Waals surface area contributed by atoms with Crippen LogP contribution in [0.2, 0.25) is 0 Å². The summed E-state index contributed by atoms with van der Waals surface area (Å²) >= 11 is 0. The van der Waals surface area contributed by atoms with Gasteiger partial charge < -0.3 is 15.1 Å². The second-order valence-corrected chi connectivity index (χ2v) is 6.34. The maximum atomic E-state index is 12.5. The van der Waals surface area contributed by atoms with Gasteiger partial charge in [-0.3, -0.25) is 4.68 Å². The molecule has 0 spiro atoms. The van der Waals surface area contributed by atoms with E-state index >= 15 is 0 Å². The molecule has 2 aromatic heterocycles. The highest BCUT2D eigenvalue weighted by molar-refractivity contribution is 5.89. The Morgan fingerprint density at radius 2 is 2.04 bits per heavy atom. The third-order valence-electron chi connectivity index (χ3n) is 4.08. The molecule has 3 heterocycles. The molecule has 1 atom stereocenters. The summed E-state index contributed by atoms with van der Waals surface area (Å²) in [5, 5.41) is 7.25. The molecule has 3 rings (SSSR count). The van der Waals surface area contributed by atoms with Crippen molar-refractivity contribution in [3.8, 4) is 0 Å². The van der Waals surface area contributed by atoms with E-state index in [1.807, 2.05) is 47.9 Å². The average Bonchev–Trinajstić information content (AvgIpc) is 3.02. The molecule has 1 saturated heterocycles. The first-order valence-electron chi connectivity index (χ1n) is 8.09. The van der Waals surface area contributed by atoms with Gasteiger partial charge in [-0.2, -0.15) is 5.10 Å². The second kappa shape index (κ2) is 6.86. The van der Waals surface area contributed by atoms with E-state index in [1.165, 1.54) is 0 Å². The second-order valence-electron chi connectivity index (χ2n) is 6.34. The quantitative estimate of drug-likeness (QED) is 0.930. The first kappa shape index (κ1) is 16.2. The number of piperidine rings is 1. The summed E-state index contributed by atoms with van der Waals surface area (Å²) in [6.45, 7) is 3.43. The molecule has 24 heavy (non-hydrogen) atoms. The fourth-order valence-electron chi connectivity index (χ4n) is 2.81. The third-order valence-corrected chi connectivity index (χ3v) is 4.08. The zero-order chi connectivity index (χ0) is 17.1. The number of rotatable bonds is 3. The number of carbonyl (C=O) groups excluding carboxylic acids is 1. The monoisotopic (exact) mass is 329 g/mol. The summed E-state index contributed by atoms with van der Waals surface area (Å²) in [7, 11) is 3.75. The van der Waals surface area contributed by atoms with Crippen LogP contribution in [0.25, 0.3) is 0 Å². The topological polar surface area (TPSA) is 79.2 Å². The molecule has 128 valence electrons. The van der Waals surface area contributed by atoms with Crippen LogP contribution in [0.1, 0.15) is 24.4 Å². The van der Waals surface area contributed by atoms with Gasteiger partial charge in [-0.15, -0.1) is 0 Å². The normalized spacial score (nSPS) is 17.6. The van der Waals surface area contributed by atoms with E-state index in [9.17, 15) is 4.79 Å². The number of aryl methyl sites for hydroxylation is 1. The van der Waals surface area contributed by atoms with Crippen LogP contribution < -0.4 is 10.2 Å². The molecule has 1 N–H and O–H groups in total. The summed E-state index contributed by atoms with van der Waals surface area (Å²) in [6.07, 6.45) is 9.12. The van der Waals surface area contributed by atoms with Crippen molar-refractivity contribution in [2.45, 2.75) is 25.8 Å². The molecule has 1 aliphatic rings. The molecule has 2 aromatic rings. The van der Waals surface area contributed by atoms with Crippen molar-refractivity contribution in [1.82, 2.24) is 24.6 Å². The van der Waals surface area contributed by atoms with Crippen molar-refractivity contribution < 1.29 is 4.79 Å². The van der Waals surface area contributed by atoms with Gasteiger partial charge in [0.05, 0.1) is 30.3 Å². The molecule has 1 aliphatic heterocycles. The van der Waals surface area contributed by atoms with Gasteiger partial charge in [0, 0.05) is 33.4 Å². The summed E-state index contributed by atoms with van der Waals surface area (Å²) < 4.78 is 1.96. The number of nitrogens with zero attached hydrogens (tertiary/aromatic N) is 6. The van der Waals surface area contributed by atoms with E-state index in [2.05, 4.69) is 20.4 Å². The Hall–Kier alpha value is -2.64. The maximum Gasteiger partial charge on any atom is 0.322 e. The molecule has 0 bridgehead atoms. The number of aromatic nitrogens is 4. The lowest BCUT2D eigenvalue weighted by atomic mass is 10.1. The Labute approximate surface area is 141 Å². The van der Waals surface area contributed by atoms with Gasteiger partial charge in [0.15, 0.2) is 0 Å². The predicted molar refractivity (Wildman–Crippen MR) is 92.2 cm³/mol. The fourth-order valence-corrected chi connectivity index (χ4v) is 2.81. The first-order valence-corrected chi connectivity index (χ1v) is 8.09. The van der Waals surface area contributed by atoms with Crippen molar-refractivity contribution >= 4 is 17.7 Å². The van der Waals surface area contributed by atoms with E-state index in [4.69, 9.17) is 0 Å². The summed E-state index contributed by atoms with van der Waals surface area (Å²) in [5.41, 5.74) is 1.73. The number of amides is 2. The van der Waals surface area contributed by atoms with Crippen LogP contribution in [0, 0.1) is 6.92 Å². The van der Waals surface area contributed by atoms with E-state index in [0.29, 0.717) is 18.2 Å². The van der Waals surface area contributed by atoms with Gasteiger partial charge >= 0.3 is 6.03 Å². The first-order chi connectivity index (χ1) is 11.5. The third kappa shape index (κ3) is 3.64. The lowest BCUT2D eigenvalue weighted by molar-refractivity contribution is 0.174. The molecule has 0 aromatic carbocycles. The number of carbonyl (C=O) groups is 1. The lowest BCUT2D eigenvalue weighted by Crippen LogP contribution is -2.43. The Morgan fingerprint density at radius 1 is 1.29 bits per heavy atom. The largest absolute Gasteiger partial charge is 0.347 e. The Kier molecular flexibility index (Phi) is 4.64. The number of hydrogen-bond acceptors (Lipinski definition) is 5. The molecule has 8 nitrogen and oxygen atoms in total. The van der Waals surface area contributed by atoms with E-state index < -0.39 is 0 Å². The van der Waals surface area contributed by atoms with Crippen LogP contribution in [0.4, 0.5) is 16.4 Å². The molecule has 0 unspecified atom stereocenters. The fraction of sp³-hybridized carbons (Fsp3) is 0.500. The maximum absolute atomic E-state index is 12.5. The van der Waals surface area contributed by atoms with Crippen molar-refractivity contribution in [3.05, 3.63) is 30.4 Å². The average molecular weight is 329 g/mol. The molecular formula is C16H23N7O. The van der Waals surface area contributed by atoms with Gasteiger partial charge in [0.2, 0.25) is 5.95 Å². The van der Waals surface area contributed by atoms with Crippen molar-refractivity contribution in [1.29, 1.82) is 0 Å². The van der Waals surface area contributed by atoms with Gasteiger partial charge in [0.1, 0.15) is 0 Å². The lowest BCUT2D eigenvalue weighted by Gasteiger charge is -2.32. The Bertz CT molecular complexity index is 695. The summed E-state index contributed by atoms with van der Waals surface area (Å²) in [6, 6.07) is 0.107. The van der Waals surface area contributed by atoms with Crippen molar-refractivity contribution in [2.24, 2.45) is 0 Å². The highest BCUT2D eigenvalue weighted by Gasteiger charge is 2.25. The van der Waals surface area contributed by atoms with Crippen LogP contribution in [-0.2, 0) is 0 Å². The van der Waals surface area contributed by atoms with Crippen LogP contribution in [0.3, 0.4) is 0 Å². The minimum absolute atomic E-state index is 0.121. The number of urea groups is 1. The highest BCUT2D eigenvalue weighted by atomic mass is 16.2. The van der Waals surface area contributed by atoms with Gasteiger partial charge in [-0.25, -0.2) is 14.8 Å². The minimum Gasteiger partial charge on any atom is -0.347 e.